The second-order valence-electron chi connectivity index (χ2n) is 6.23. The topological polar surface area (TPSA) is 66.6 Å². The average molecular weight is 500 g/mol. The molecule has 1 unspecified atom stereocenters. The number of rotatable bonds is 6. The Morgan fingerprint density at radius 3 is 2.42 bits per heavy atom. The molecule has 0 aliphatic heterocycles. The molecule has 1 saturated carbocycles. The molecule has 1 atom stereocenters. The van der Waals surface area contributed by atoms with Gasteiger partial charge in [0.1, 0.15) is 0 Å². The standard InChI is InChI=1S/C17H20F3IN2O2S/c1-8-10(6-7-11(15(8)26-3)17(18,19)20)14(24)12(16(25)23(2)22)13(21)9-4-5-9/h6-7,9,13,25H,4-5,22H2,1-3H3/b16-12-. The number of halogens is 4. The molecule has 1 aromatic rings. The summed E-state index contributed by atoms with van der Waals surface area (Å²) in [4.78, 5) is 13.1. The number of thioether (sulfide) groups is 1. The van der Waals surface area contributed by atoms with Gasteiger partial charge in [-0.25, -0.2) is 5.84 Å². The second kappa shape index (κ2) is 7.97. The Hall–Kier alpha value is -0.940. The summed E-state index contributed by atoms with van der Waals surface area (Å²) in [5, 5.41) is 11.3. The largest absolute Gasteiger partial charge is 0.493 e. The van der Waals surface area contributed by atoms with Crippen molar-refractivity contribution in [3.63, 3.8) is 0 Å². The van der Waals surface area contributed by atoms with Gasteiger partial charge in [-0.3, -0.25) is 9.80 Å². The van der Waals surface area contributed by atoms with E-state index in [2.05, 4.69) is 22.6 Å². The van der Waals surface area contributed by atoms with Crippen molar-refractivity contribution < 1.29 is 23.1 Å². The van der Waals surface area contributed by atoms with E-state index >= 15 is 0 Å². The summed E-state index contributed by atoms with van der Waals surface area (Å²) in [5.74, 6) is 5.01. The lowest BCUT2D eigenvalue weighted by molar-refractivity contribution is -0.139. The highest BCUT2D eigenvalue weighted by Crippen LogP contribution is 2.43. The minimum absolute atomic E-state index is 0.0136. The molecule has 2 rings (SSSR count). The molecule has 0 spiro atoms. The van der Waals surface area contributed by atoms with Crippen molar-refractivity contribution in [3.05, 3.63) is 40.3 Å². The lowest BCUT2D eigenvalue weighted by Gasteiger charge is -2.21. The summed E-state index contributed by atoms with van der Waals surface area (Å²) in [6.45, 7) is 1.49. The van der Waals surface area contributed by atoms with Crippen LogP contribution in [-0.2, 0) is 6.18 Å². The van der Waals surface area contributed by atoms with Crippen LogP contribution in [0.4, 0.5) is 13.2 Å². The first kappa shape index (κ1) is 21.4. The lowest BCUT2D eigenvalue weighted by atomic mass is 9.94. The Balaban J connectivity index is 2.58. The highest BCUT2D eigenvalue weighted by molar-refractivity contribution is 14.1. The molecular formula is C17H20F3IN2O2S. The molecule has 1 fully saturated rings. The van der Waals surface area contributed by atoms with E-state index < -0.39 is 17.5 Å². The molecule has 0 saturated heterocycles. The fraction of sp³-hybridized carbons (Fsp3) is 0.471. The van der Waals surface area contributed by atoms with Gasteiger partial charge < -0.3 is 5.11 Å². The fourth-order valence-electron chi connectivity index (χ4n) is 2.73. The minimum Gasteiger partial charge on any atom is -0.493 e. The number of alkyl halides is 4. The second-order valence-corrected chi connectivity index (χ2v) is 8.39. The van der Waals surface area contributed by atoms with E-state index in [0.717, 1.165) is 35.7 Å². The van der Waals surface area contributed by atoms with Gasteiger partial charge in [0.2, 0.25) is 5.88 Å². The molecule has 0 aromatic heterocycles. The van der Waals surface area contributed by atoms with Gasteiger partial charge >= 0.3 is 6.18 Å². The smallest absolute Gasteiger partial charge is 0.417 e. The Bertz CT molecular complexity index is 746. The van der Waals surface area contributed by atoms with Crippen LogP contribution in [0.5, 0.6) is 0 Å². The molecule has 3 N–H and O–H groups in total. The van der Waals surface area contributed by atoms with E-state index in [1.807, 2.05) is 0 Å². The van der Waals surface area contributed by atoms with Crippen LogP contribution < -0.4 is 5.84 Å². The van der Waals surface area contributed by atoms with E-state index in [9.17, 15) is 23.1 Å². The summed E-state index contributed by atoms with van der Waals surface area (Å²) in [7, 11) is 1.41. The van der Waals surface area contributed by atoms with Gasteiger partial charge in [-0.15, -0.1) is 11.8 Å². The molecular weight excluding hydrogens is 480 g/mol. The zero-order valence-corrected chi connectivity index (χ0v) is 17.5. The number of nitrogens with two attached hydrogens (primary N) is 1. The number of nitrogens with zero attached hydrogens (tertiary/aromatic N) is 1. The normalized spacial score (nSPS) is 16.9. The van der Waals surface area contributed by atoms with Crippen molar-refractivity contribution >= 4 is 40.1 Å². The third-order valence-electron chi connectivity index (χ3n) is 4.29. The molecule has 0 amide bonds. The highest BCUT2D eigenvalue weighted by Gasteiger charge is 2.39. The summed E-state index contributed by atoms with van der Waals surface area (Å²) in [6, 6.07) is 2.10. The van der Waals surface area contributed by atoms with Gasteiger partial charge in [0, 0.05) is 21.4 Å². The highest BCUT2D eigenvalue weighted by atomic mass is 127. The number of hydrogen-bond donors (Lipinski definition) is 2. The van der Waals surface area contributed by atoms with Crippen molar-refractivity contribution in [1.82, 2.24) is 5.01 Å². The molecule has 1 aliphatic rings. The third-order valence-corrected chi connectivity index (χ3v) is 6.87. The molecule has 9 heteroatoms. The molecule has 144 valence electrons. The van der Waals surface area contributed by atoms with Crippen LogP contribution in [0.2, 0.25) is 0 Å². The van der Waals surface area contributed by atoms with Crippen molar-refractivity contribution in [2.45, 2.75) is 34.8 Å². The van der Waals surface area contributed by atoms with Crippen LogP contribution >= 0.6 is 34.4 Å². The van der Waals surface area contributed by atoms with E-state index in [1.54, 1.807) is 6.26 Å². The summed E-state index contributed by atoms with van der Waals surface area (Å²) in [5.41, 5.74) is -0.235. The summed E-state index contributed by atoms with van der Waals surface area (Å²) >= 11 is 3.04. The van der Waals surface area contributed by atoms with Crippen LogP contribution in [-0.4, -0.2) is 33.1 Å². The van der Waals surface area contributed by atoms with Gasteiger partial charge in [-0.1, -0.05) is 28.7 Å². The van der Waals surface area contributed by atoms with Crippen LogP contribution in [0.25, 0.3) is 0 Å². The molecule has 0 heterocycles. The lowest BCUT2D eigenvalue weighted by Crippen LogP contribution is -2.31. The maximum absolute atomic E-state index is 13.2. The molecule has 4 nitrogen and oxygen atoms in total. The van der Waals surface area contributed by atoms with Gasteiger partial charge in [0.05, 0.1) is 11.1 Å². The monoisotopic (exact) mass is 500 g/mol. The zero-order chi connectivity index (χ0) is 19.8. The number of allylic oxidation sites excluding steroid dienone is 1. The molecule has 1 aliphatic carbocycles. The van der Waals surface area contributed by atoms with Crippen LogP contribution in [0.15, 0.2) is 28.5 Å². The van der Waals surface area contributed by atoms with Crippen LogP contribution in [0.1, 0.15) is 34.3 Å². The van der Waals surface area contributed by atoms with Gasteiger partial charge in [0.15, 0.2) is 5.78 Å². The average Bonchev–Trinajstić information content (AvgIpc) is 3.38. The zero-order valence-electron chi connectivity index (χ0n) is 14.5. The Morgan fingerprint density at radius 1 is 1.42 bits per heavy atom. The summed E-state index contributed by atoms with van der Waals surface area (Å²) in [6.07, 6.45) is -1.08. The van der Waals surface area contributed by atoms with Crippen molar-refractivity contribution in [3.8, 4) is 0 Å². The maximum Gasteiger partial charge on any atom is 0.417 e. The number of hydrogen-bond acceptors (Lipinski definition) is 5. The van der Waals surface area contributed by atoms with E-state index in [4.69, 9.17) is 5.84 Å². The SMILES string of the molecule is CSc1c(C(F)(F)F)ccc(C(=O)/C(=C(\O)N(C)N)C(I)C2CC2)c1C. The molecule has 0 radical (unpaired) electrons. The third kappa shape index (κ3) is 4.30. The van der Waals surface area contributed by atoms with Gasteiger partial charge in [0.25, 0.3) is 0 Å². The van der Waals surface area contributed by atoms with E-state index in [1.165, 1.54) is 20.0 Å². The number of hydrazine groups is 1. The Morgan fingerprint density at radius 2 is 2.00 bits per heavy atom. The number of carbonyl (C=O) groups excluding carboxylic acids is 1. The maximum atomic E-state index is 13.2. The van der Waals surface area contributed by atoms with Crippen molar-refractivity contribution in [2.75, 3.05) is 13.3 Å². The first-order chi connectivity index (χ1) is 12.0. The van der Waals surface area contributed by atoms with Gasteiger partial charge in [-0.2, -0.15) is 13.2 Å². The molecule has 0 bridgehead atoms. The number of Topliss-reactive ketones (excluding diaryl/α,β-unsaturated/α-hetero) is 1. The van der Waals surface area contributed by atoms with Crippen molar-refractivity contribution in [2.24, 2.45) is 11.8 Å². The number of ketones is 1. The Labute approximate surface area is 168 Å². The predicted molar refractivity (Wildman–Crippen MR) is 104 cm³/mol. The van der Waals surface area contributed by atoms with Gasteiger partial charge in [-0.05, 0) is 43.6 Å². The quantitative estimate of drug-likeness (QED) is 0.0867. The first-order valence-corrected chi connectivity index (χ1v) is 10.3. The molecule has 1 aromatic carbocycles. The van der Waals surface area contributed by atoms with Crippen molar-refractivity contribution in [1.29, 1.82) is 0 Å². The van der Waals surface area contributed by atoms with Crippen LogP contribution in [0.3, 0.4) is 0 Å². The number of aliphatic hydroxyl groups excluding tert-OH is 1. The number of carbonyl (C=O) groups is 1. The Kier molecular flexibility index (Phi) is 6.55. The number of aliphatic hydroxyl groups is 1. The van der Waals surface area contributed by atoms with Crippen LogP contribution in [0, 0.1) is 12.8 Å². The van der Waals surface area contributed by atoms with E-state index in [0.29, 0.717) is 0 Å². The minimum atomic E-state index is -4.50. The summed E-state index contributed by atoms with van der Waals surface area (Å²) < 4.78 is 39.4. The molecule has 26 heavy (non-hydrogen) atoms. The predicted octanol–water partition coefficient (Wildman–Crippen LogP) is 4.71. The first-order valence-electron chi connectivity index (χ1n) is 7.85. The van der Waals surface area contributed by atoms with E-state index in [-0.39, 0.29) is 37.3 Å². The number of benzene rings is 1. The fourth-order valence-corrected chi connectivity index (χ4v) is 4.83.